The molecule has 2 aliphatic heterocycles. The molecule has 0 saturated carbocycles. The number of amides is 1. The average Bonchev–Trinajstić information content (AvgIpc) is 3.52. The van der Waals surface area contributed by atoms with E-state index in [1.54, 1.807) is 30.5 Å². The van der Waals surface area contributed by atoms with E-state index in [9.17, 15) is 13.2 Å². The van der Waals surface area contributed by atoms with Crippen LogP contribution < -0.4 is 15.5 Å². The molecule has 32 heavy (non-hydrogen) atoms. The second kappa shape index (κ2) is 10.0. The summed E-state index contributed by atoms with van der Waals surface area (Å²) in [5, 5.41) is 6.05. The molecule has 2 saturated heterocycles. The highest BCUT2D eigenvalue weighted by atomic mass is 32.2. The van der Waals surface area contributed by atoms with Crippen LogP contribution in [0.1, 0.15) is 31.6 Å². The van der Waals surface area contributed by atoms with Crippen LogP contribution in [0.2, 0.25) is 0 Å². The summed E-state index contributed by atoms with van der Waals surface area (Å²) in [6, 6.07) is 8.53. The van der Waals surface area contributed by atoms with Crippen molar-refractivity contribution in [1.29, 1.82) is 0 Å². The molecule has 1 aromatic heterocycles. The molecule has 4 rings (SSSR count). The fraction of sp³-hybridized carbons (Fsp3) is 0.500. The van der Waals surface area contributed by atoms with Crippen molar-refractivity contribution in [2.45, 2.75) is 30.7 Å². The van der Waals surface area contributed by atoms with Crippen LogP contribution in [0.4, 0.5) is 11.4 Å². The number of ether oxygens (including phenoxy) is 1. The minimum Gasteiger partial charge on any atom is -0.468 e. The van der Waals surface area contributed by atoms with Crippen molar-refractivity contribution < 1.29 is 22.4 Å². The van der Waals surface area contributed by atoms with Gasteiger partial charge in [0, 0.05) is 26.2 Å². The van der Waals surface area contributed by atoms with Gasteiger partial charge in [0.1, 0.15) is 5.76 Å². The quantitative estimate of drug-likeness (QED) is 0.620. The van der Waals surface area contributed by atoms with Gasteiger partial charge in [-0.25, -0.2) is 8.42 Å². The van der Waals surface area contributed by atoms with Crippen molar-refractivity contribution in [2.75, 3.05) is 56.2 Å². The molecular formula is C22H30N4O5S. The minimum absolute atomic E-state index is 0.0712. The highest BCUT2D eigenvalue weighted by Gasteiger charge is 2.28. The van der Waals surface area contributed by atoms with E-state index < -0.39 is 10.0 Å². The Kier molecular flexibility index (Phi) is 7.14. The first kappa shape index (κ1) is 22.8. The lowest BCUT2D eigenvalue weighted by Crippen LogP contribution is -2.40. The van der Waals surface area contributed by atoms with Gasteiger partial charge >= 0.3 is 0 Å². The summed E-state index contributed by atoms with van der Waals surface area (Å²) in [5.41, 5.74) is 1.36. The fourth-order valence-electron chi connectivity index (χ4n) is 4.02. The van der Waals surface area contributed by atoms with Crippen LogP contribution in [0.3, 0.4) is 0 Å². The maximum absolute atomic E-state index is 13.1. The second-order valence-corrected chi connectivity index (χ2v) is 9.99. The zero-order valence-electron chi connectivity index (χ0n) is 18.2. The molecule has 1 unspecified atom stereocenters. The molecule has 2 aromatic rings. The number of furan rings is 1. The Labute approximate surface area is 188 Å². The van der Waals surface area contributed by atoms with E-state index in [1.807, 2.05) is 13.0 Å². The number of anilines is 2. The smallest absolute Gasteiger partial charge is 0.243 e. The van der Waals surface area contributed by atoms with Crippen LogP contribution in [0, 0.1) is 0 Å². The number of carbonyl (C=O) groups is 1. The second-order valence-electron chi connectivity index (χ2n) is 8.06. The van der Waals surface area contributed by atoms with E-state index in [0.29, 0.717) is 32.0 Å². The Balaban J connectivity index is 1.52. The average molecular weight is 463 g/mol. The van der Waals surface area contributed by atoms with Crippen molar-refractivity contribution >= 4 is 27.3 Å². The van der Waals surface area contributed by atoms with E-state index in [2.05, 4.69) is 15.5 Å². The van der Waals surface area contributed by atoms with Crippen LogP contribution in [0.5, 0.6) is 0 Å². The van der Waals surface area contributed by atoms with Crippen molar-refractivity contribution in [2.24, 2.45) is 0 Å². The lowest BCUT2D eigenvalue weighted by molar-refractivity contribution is -0.115. The Morgan fingerprint density at radius 3 is 2.56 bits per heavy atom. The summed E-state index contributed by atoms with van der Waals surface area (Å²) in [7, 11) is -3.66. The number of rotatable bonds is 8. The monoisotopic (exact) mass is 462 g/mol. The lowest BCUT2D eigenvalue weighted by Gasteiger charge is -2.27. The lowest BCUT2D eigenvalue weighted by atomic mass is 10.2. The number of hydrogen-bond donors (Lipinski definition) is 2. The molecule has 9 nitrogen and oxygen atoms in total. The highest BCUT2D eigenvalue weighted by Crippen LogP contribution is 2.32. The molecule has 2 fully saturated rings. The molecule has 0 aliphatic carbocycles. The third-order valence-corrected chi connectivity index (χ3v) is 7.73. The normalized spacial score (nSPS) is 18.6. The molecule has 2 aliphatic rings. The summed E-state index contributed by atoms with van der Waals surface area (Å²) in [5.74, 6) is 0.499. The number of hydrogen-bond acceptors (Lipinski definition) is 7. The van der Waals surface area contributed by atoms with Crippen LogP contribution in [-0.2, 0) is 19.6 Å². The van der Waals surface area contributed by atoms with E-state index >= 15 is 0 Å². The van der Waals surface area contributed by atoms with Crippen molar-refractivity contribution in [3.63, 3.8) is 0 Å². The first-order chi connectivity index (χ1) is 15.4. The maximum atomic E-state index is 13.1. The first-order valence-corrected chi connectivity index (χ1v) is 12.4. The summed E-state index contributed by atoms with van der Waals surface area (Å²) >= 11 is 0. The number of nitrogens with zero attached hydrogens (tertiary/aromatic N) is 2. The van der Waals surface area contributed by atoms with Crippen molar-refractivity contribution in [3.05, 3.63) is 42.4 Å². The summed E-state index contributed by atoms with van der Waals surface area (Å²) < 4.78 is 38.3. The molecular weight excluding hydrogens is 432 g/mol. The van der Waals surface area contributed by atoms with Crippen LogP contribution in [-0.4, -0.2) is 64.6 Å². The molecule has 0 spiro atoms. The highest BCUT2D eigenvalue weighted by molar-refractivity contribution is 7.89. The van der Waals surface area contributed by atoms with E-state index in [0.717, 1.165) is 37.4 Å². The van der Waals surface area contributed by atoms with Gasteiger partial charge in [0.2, 0.25) is 15.9 Å². The molecule has 1 aromatic carbocycles. The largest absolute Gasteiger partial charge is 0.468 e. The molecule has 174 valence electrons. The van der Waals surface area contributed by atoms with E-state index in [1.165, 1.54) is 4.31 Å². The van der Waals surface area contributed by atoms with Crippen LogP contribution in [0.25, 0.3) is 0 Å². The number of morpholine rings is 1. The Morgan fingerprint density at radius 2 is 1.88 bits per heavy atom. The molecule has 1 amide bonds. The van der Waals surface area contributed by atoms with Crippen molar-refractivity contribution in [1.82, 2.24) is 9.62 Å². The Bertz CT molecular complexity index is 1010. The van der Waals surface area contributed by atoms with Gasteiger partial charge < -0.3 is 19.4 Å². The number of sulfonamides is 1. The Hall–Kier alpha value is -2.40. The third kappa shape index (κ3) is 5.15. The van der Waals surface area contributed by atoms with E-state index in [4.69, 9.17) is 9.15 Å². The van der Waals surface area contributed by atoms with Crippen LogP contribution in [0.15, 0.2) is 45.9 Å². The zero-order chi connectivity index (χ0) is 22.6. The van der Waals surface area contributed by atoms with E-state index in [-0.39, 0.29) is 23.4 Å². The number of carbonyl (C=O) groups excluding carboxylic acids is 1. The summed E-state index contributed by atoms with van der Waals surface area (Å²) in [6.07, 6.45) is 3.74. The third-order valence-electron chi connectivity index (χ3n) is 5.84. The fourth-order valence-corrected chi connectivity index (χ4v) is 5.46. The van der Waals surface area contributed by atoms with Gasteiger partial charge in [-0.15, -0.1) is 0 Å². The van der Waals surface area contributed by atoms with Gasteiger partial charge in [-0.05, 0) is 50.1 Å². The summed E-state index contributed by atoms with van der Waals surface area (Å²) in [4.78, 5) is 15.1. The van der Waals surface area contributed by atoms with Gasteiger partial charge in [0.15, 0.2) is 0 Å². The predicted octanol–water partition coefficient (Wildman–Crippen LogP) is 2.19. The Morgan fingerprint density at radius 1 is 1.12 bits per heavy atom. The molecule has 2 N–H and O–H groups in total. The molecule has 3 heterocycles. The predicted molar refractivity (Wildman–Crippen MR) is 121 cm³/mol. The first-order valence-electron chi connectivity index (χ1n) is 11.0. The number of benzene rings is 1. The van der Waals surface area contributed by atoms with Gasteiger partial charge in [-0.2, -0.15) is 4.31 Å². The van der Waals surface area contributed by atoms with Crippen molar-refractivity contribution in [3.8, 4) is 0 Å². The molecule has 10 heteroatoms. The maximum Gasteiger partial charge on any atom is 0.243 e. The van der Waals surface area contributed by atoms with Gasteiger partial charge in [-0.1, -0.05) is 0 Å². The zero-order valence-corrected chi connectivity index (χ0v) is 19.1. The molecule has 0 bridgehead atoms. The van der Waals surface area contributed by atoms with Gasteiger partial charge in [0.05, 0.1) is 48.3 Å². The van der Waals surface area contributed by atoms with Gasteiger partial charge in [-0.3, -0.25) is 10.1 Å². The molecule has 1 atom stereocenters. The van der Waals surface area contributed by atoms with Gasteiger partial charge in [0.25, 0.3) is 0 Å². The van der Waals surface area contributed by atoms with Crippen LogP contribution >= 0.6 is 0 Å². The topological polar surface area (TPSA) is 104 Å². The SMILES string of the molecule is CC(NCC(=O)Nc1cc(S(=O)(=O)N2CCOCC2)ccc1N1CCCC1)c1ccco1. The molecule has 0 radical (unpaired) electrons. The summed E-state index contributed by atoms with van der Waals surface area (Å²) in [6.45, 7) is 5.17. The number of nitrogens with one attached hydrogen (secondary N) is 2. The minimum atomic E-state index is -3.66. The standard InChI is InChI=1S/C22H30N4O5S/c1-17(21-5-4-12-31-21)23-16-22(27)24-19-15-18(6-7-20(19)25-8-2-3-9-25)32(28,29)26-10-13-30-14-11-26/h4-7,12,15,17,23H,2-3,8-11,13-14,16H2,1H3,(H,24,27).